The molecule has 3 nitrogen and oxygen atoms in total. The van der Waals surface area contributed by atoms with Gasteiger partial charge in [0.25, 0.3) is 0 Å². The zero-order valence-corrected chi connectivity index (χ0v) is 11.2. The molecular weight excluding hydrogens is 224 g/mol. The van der Waals surface area contributed by atoms with Crippen LogP contribution in [0.3, 0.4) is 0 Å². The van der Waals surface area contributed by atoms with Gasteiger partial charge < -0.3 is 4.74 Å². The summed E-state index contributed by atoms with van der Waals surface area (Å²) in [6, 6.07) is 3.22. The minimum Gasteiger partial charge on any atom is -0.378 e. The van der Waals surface area contributed by atoms with Crippen molar-refractivity contribution in [2.24, 2.45) is 5.92 Å². The fourth-order valence-electron chi connectivity index (χ4n) is 3.34. The molecule has 100 valence electrons. The molecule has 18 heavy (non-hydrogen) atoms. The van der Waals surface area contributed by atoms with E-state index in [1.807, 2.05) is 0 Å². The van der Waals surface area contributed by atoms with Gasteiger partial charge in [-0.25, -0.2) is 0 Å². The Balaban J connectivity index is 1.50. The molecule has 3 aliphatic rings. The lowest BCUT2D eigenvalue weighted by molar-refractivity contribution is -0.00599. The van der Waals surface area contributed by atoms with E-state index in [0.717, 1.165) is 19.4 Å². The molecule has 3 fully saturated rings. The summed E-state index contributed by atoms with van der Waals surface area (Å²) < 4.78 is 5.86. The van der Waals surface area contributed by atoms with Crippen LogP contribution in [-0.4, -0.2) is 24.3 Å². The SMILES string of the molecule is N#CC1(NC2CC2)CCCC1CCOC1CCC1. The van der Waals surface area contributed by atoms with Crippen molar-refractivity contribution in [3.05, 3.63) is 0 Å². The van der Waals surface area contributed by atoms with Gasteiger partial charge in [0.1, 0.15) is 5.54 Å². The van der Waals surface area contributed by atoms with Crippen LogP contribution in [0, 0.1) is 17.2 Å². The van der Waals surface area contributed by atoms with E-state index in [1.165, 1.54) is 44.9 Å². The van der Waals surface area contributed by atoms with Crippen molar-refractivity contribution in [1.29, 1.82) is 5.26 Å². The number of nitriles is 1. The summed E-state index contributed by atoms with van der Waals surface area (Å²) in [6.07, 6.45) is 11.4. The third-order valence-corrected chi connectivity index (χ3v) is 4.93. The van der Waals surface area contributed by atoms with Crippen LogP contribution in [0.5, 0.6) is 0 Å². The molecule has 1 N–H and O–H groups in total. The molecule has 3 heteroatoms. The molecule has 0 aliphatic heterocycles. The van der Waals surface area contributed by atoms with Crippen LogP contribution in [0.25, 0.3) is 0 Å². The van der Waals surface area contributed by atoms with Gasteiger partial charge in [0.2, 0.25) is 0 Å². The molecule has 0 aromatic rings. The highest BCUT2D eigenvalue weighted by atomic mass is 16.5. The first-order chi connectivity index (χ1) is 8.82. The smallest absolute Gasteiger partial charge is 0.109 e. The Morgan fingerprint density at radius 1 is 1.17 bits per heavy atom. The maximum absolute atomic E-state index is 9.58. The van der Waals surface area contributed by atoms with Gasteiger partial charge in [-0.05, 0) is 57.3 Å². The van der Waals surface area contributed by atoms with Gasteiger partial charge in [-0.2, -0.15) is 5.26 Å². The normalized spacial score (nSPS) is 36.3. The first-order valence-corrected chi connectivity index (χ1v) is 7.63. The molecule has 0 heterocycles. The predicted molar refractivity (Wildman–Crippen MR) is 70.1 cm³/mol. The van der Waals surface area contributed by atoms with E-state index in [-0.39, 0.29) is 5.54 Å². The Labute approximate surface area is 110 Å². The highest BCUT2D eigenvalue weighted by Gasteiger charge is 2.45. The molecule has 2 atom stereocenters. The largest absolute Gasteiger partial charge is 0.378 e. The molecule has 0 saturated heterocycles. The average Bonchev–Trinajstić information content (AvgIpc) is 3.03. The Morgan fingerprint density at radius 2 is 2.00 bits per heavy atom. The molecule has 3 rings (SSSR count). The van der Waals surface area contributed by atoms with Crippen molar-refractivity contribution in [1.82, 2.24) is 5.32 Å². The highest BCUT2D eigenvalue weighted by Crippen LogP contribution is 2.40. The van der Waals surface area contributed by atoms with E-state index in [1.54, 1.807) is 0 Å². The van der Waals surface area contributed by atoms with Crippen LogP contribution in [-0.2, 0) is 4.74 Å². The van der Waals surface area contributed by atoms with Crippen LogP contribution in [0.1, 0.15) is 57.8 Å². The molecule has 0 bridgehead atoms. The van der Waals surface area contributed by atoms with E-state index < -0.39 is 0 Å². The molecule has 0 aromatic heterocycles. The summed E-state index contributed by atoms with van der Waals surface area (Å²) in [4.78, 5) is 0. The third kappa shape index (κ3) is 2.55. The first kappa shape index (κ1) is 12.4. The lowest BCUT2D eigenvalue weighted by Gasteiger charge is -2.31. The van der Waals surface area contributed by atoms with E-state index in [2.05, 4.69) is 11.4 Å². The summed E-state index contributed by atoms with van der Waals surface area (Å²) in [7, 11) is 0. The molecular formula is C15H24N2O. The fraction of sp³-hybridized carbons (Fsp3) is 0.933. The second-order valence-electron chi connectivity index (χ2n) is 6.30. The van der Waals surface area contributed by atoms with Crippen LogP contribution in [0.4, 0.5) is 0 Å². The Kier molecular flexibility index (Phi) is 3.59. The topological polar surface area (TPSA) is 45.0 Å². The van der Waals surface area contributed by atoms with Crippen LogP contribution in [0.2, 0.25) is 0 Å². The van der Waals surface area contributed by atoms with Gasteiger partial charge in [0.15, 0.2) is 0 Å². The van der Waals surface area contributed by atoms with Gasteiger partial charge in [-0.3, -0.25) is 5.32 Å². The van der Waals surface area contributed by atoms with Crippen molar-refractivity contribution >= 4 is 0 Å². The molecule has 3 saturated carbocycles. The van der Waals surface area contributed by atoms with Gasteiger partial charge >= 0.3 is 0 Å². The lowest BCUT2D eigenvalue weighted by Crippen LogP contribution is -2.48. The summed E-state index contributed by atoms with van der Waals surface area (Å²) in [5.74, 6) is 0.503. The minimum absolute atomic E-state index is 0.232. The monoisotopic (exact) mass is 248 g/mol. The molecule has 3 aliphatic carbocycles. The Morgan fingerprint density at radius 3 is 2.61 bits per heavy atom. The van der Waals surface area contributed by atoms with Crippen molar-refractivity contribution in [3.63, 3.8) is 0 Å². The highest BCUT2D eigenvalue weighted by molar-refractivity contribution is 5.16. The number of rotatable bonds is 6. The van der Waals surface area contributed by atoms with Crippen molar-refractivity contribution in [3.8, 4) is 6.07 Å². The summed E-state index contributed by atoms with van der Waals surface area (Å²) >= 11 is 0. The number of ether oxygens (including phenoxy) is 1. The van der Waals surface area contributed by atoms with Crippen molar-refractivity contribution in [2.45, 2.75) is 75.5 Å². The lowest BCUT2D eigenvalue weighted by atomic mass is 9.86. The quantitative estimate of drug-likeness (QED) is 0.786. The second-order valence-corrected chi connectivity index (χ2v) is 6.30. The third-order valence-electron chi connectivity index (χ3n) is 4.93. The number of nitrogens with one attached hydrogen (secondary N) is 1. The molecule has 0 spiro atoms. The van der Waals surface area contributed by atoms with Crippen LogP contribution >= 0.6 is 0 Å². The number of hydrogen-bond acceptors (Lipinski definition) is 3. The van der Waals surface area contributed by atoms with Gasteiger partial charge in [0, 0.05) is 12.6 Å². The van der Waals surface area contributed by atoms with E-state index >= 15 is 0 Å². The zero-order valence-electron chi connectivity index (χ0n) is 11.2. The number of nitrogens with zero attached hydrogens (tertiary/aromatic N) is 1. The maximum Gasteiger partial charge on any atom is 0.109 e. The van der Waals surface area contributed by atoms with Gasteiger partial charge in [-0.1, -0.05) is 6.42 Å². The molecule has 0 aromatic carbocycles. The van der Waals surface area contributed by atoms with Crippen LogP contribution in [0.15, 0.2) is 0 Å². The average molecular weight is 248 g/mol. The van der Waals surface area contributed by atoms with E-state index in [9.17, 15) is 5.26 Å². The summed E-state index contributed by atoms with van der Waals surface area (Å²) in [6.45, 7) is 0.852. The molecule has 0 radical (unpaired) electrons. The Bertz CT molecular complexity index is 330. The summed E-state index contributed by atoms with van der Waals surface area (Å²) in [5, 5.41) is 13.2. The fourth-order valence-corrected chi connectivity index (χ4v) is 3.34. The summed E-state index contributed by atoms with van der Waals surface area (Å²) in [5.41, 5.74) is -0.232. The van der Waals surface area contributed by atoms with E-state index in [4.69, 9.17) is 4.74 Å². The first-order valence-electron chi connectivity index (χ1n) is 7.63. The predicted octanol–water partition coefficient (Wildman–Crippen LogP) is 2.76. The standard InChI is InChI=1S/C15H24N2O/c16-11-15(17-13-6-7-13)9-2-3-12(15)8-10-18-14-4-1-5-14/h12-14,17H,1-10H2. The second kappa shape index (κ2) is 5.19. The van der Waals surface area contributed by atoms with Crippen molar-refractivity contribution in [2.75, 3.05) is 6.61 Å². The van der Waals surface area contributed by atoms with Crippen molar-refractivity contribution < 1.29 is 4.74 Å². The van der Waals surface area contributed by atoms with E-state index in [0.29, 0.717) is 18.1 Å². The number of hydrogen-bond donors (Lipinski definition) is 1. The van der Waals surface area contributed by atoms with Gasteiger partial charge in [-0.15, -0.1) is 0 Å². The minimum atomic E-state index is -0.232. The molecule has 2 unspecified atom stereocenters. The molecule has 0 amide bonds. The zero-order chi connectivity index (χ0) is 12.4. The van der Waals surface area contributed by atoms with Gasteiger partial charge in [0.05, 0.1) is 12.2 Å². The van der Waals surface area contributed by atoms with Crippen LogP contribution < -0.4 is 5.32 Å². The Hall–Kier alpha value is -0.590. The maximum atomic E-state index is 9.58.